The van der Waals surface area contributed by atoms with E-state index >= 15 is 0 Å². The first-order chi connectivity index (χ1) is 12.4. The average Bonchev–Trinajstić information content (AvgIpc) is 2.62. The molecular weight excluding hydrogens is 363 g/mol. The minimum atomic E-state index is -4.49. The van der Waals surface area contributed by atoms with Gasteiger partial charge in [-0.05, 0) is 30.3 Å². The Hall–Kier alpha value is -2.78. The third-order valence-electron chi connectivity index (χ3n) is 3.60. The number of anilines is 1. The van der Waals surface area contributed by atoms with Crippen molar-refractivity contribution in [1.82, 2.24) is 9.97 Å². The summed E-state index contributed by atoms with van der Waals surface area (Å²) in [7, 11) is 0. The lowest BCUT2D eigenvalue weighted by Gasteiger charge is -2.09. The summed E-state index contributed by atoms with van der Waals surface area (Å²) >= 11 is 5.65. The van der Waals surface area contributed by atoms with Gasteiger partial charge in [0.2, 0.25) is 0 Å². The highest BCUT2D eigenvalue weighted by Crippen LogP contribution is 2.33. The molecule has 0 radical (unpaired) electrons. The summed E-state index contributed by atoms with van der Waals surface area (Å²) in [4.78, 5) is 8.35. The third kappa shape index (κ3) is 4.24. The number of para-hydroxylation sites is 1. The van der Waals surface area contributed by atoms with Crippen LogP contribution in [0.2, 0.25) is 5.02 Å². The molecule has 2 aromatic carbocycles. The highest BCUT2D eigenvalue weighted by Gasteiger charge is 2.33. The molecule has 0 saturated heterocycles. The average molecular weight is 376 g/mol. The van der Waals surface area contributed by atoms with Crippen molar-refractivity contribution in [2.24, 2.45) is 0 Å². The number of aromatic nitrogens is 2. The molecule has 1 N–H and O–H groups in total. The number of fused-ring (bicyclic) bond motifs is 1. The second kappa shape index (κ2) is 7.63. The molecule has 1 heterocycles. The number of nitrogens with zero attached hydrogens (tertiary/aromatic N) is 2. The number of hydrogen-bond acceptors (Lipinski definition) is 3. The van der Waals surface area contributed by atoms with Crippen LogP contribution in [0.4, 0.5) is 19.0 Å². The normalized spacial score (nSPS) is 11.1. The van der Waals surface area contributed by atoms with Crippen molar-refractivity contribution in [1.29, 1.82) is 0 Å². The van der Waals surface area contributed by atoms with Crippen molar-refractivity contribution >= 4 is 28.3 Å². The zero-order valence-electron chi connectivity index (χ0n) is 13.4. The number of halogens is 4. The van der Waals surface area contributed by atoms with Gasteiger partial charge in [-0.15, -0.1) is 0 Å². The van der Waals surface area contributed by atoms with Gasteiger partial charge in [0, 0.05) is 28.9 Å². The van der Waals surface area contributed by atoms with Gasteiger partial charge in [0.15, 0.2) is 0 Å². The molecular formula is C19H13ClF3N3. The highest BCUT2D eigenvalue weighted by atomic mass is 35.5. The first kappa shape index (κ1) is 18.0. The number of hydrogen-bond donors (Lipinski definition) is 1. The number of nitrogens with one attached hydrogen (secondary N) is 1. The van der Waals surface area contributed by atoms with E-state index in [2.05, 4.69) is 27.1 Å². The molecule has 0 aliphatic carbocycles. The van der Waals surface area contributed by atoms with Gasteiger partial charge in [0.05, 0.1) is 11.1 Å². The Morgan fingerprint density at radius 3 is 2.69 bits per heavy atom. The van der Waals surface area contributed by atoms with Crippen LogP contribution in [0.3, 0.4) is 0 Å². The van der Waals surface area contributed by atoms with E-state index in [0.29, 0.717) is 18.8 Å². The number of benzene rings is 2. The van der Waals surface area contributed by atoms with Crippen molar-refractivity contribution in [2.45, 2.75) is 12.6 Å². The van der Waals surface area contributed by atoms with Gasteiger partial charge < -0.3 is 5.32 Å². The standard InChI is InChI=1S/C19H13ClF3N3/c20-14-9-8-13(16(11-14)19(21,22)23)5-3-4-10-24-18-15-6-1-2-7-17(15)25-12-26-18/h1-2,6-9,11-12H,4,10H2,(H,24,25,26). The monoisotopic (exact) mass is 375 g/mol. The Balaban J connectivity index is 1.68. The molecule has 3 rings (SSSR count). The Labute approximate surface area is 153 Å². The molecule has 0 amide bonds. The molecule has 0 aliphatic rings. The van der Waals surface area contributed by atoms with Gasteiger partial charge in [0.25, 0.3) is 0 Å². The van der Waals surface area contributed by atoms with E-state index < -0.39 is 11.7 Å². The lowest BCUT2D eigenvalue weighted by atomic mass is 10.1. The van der Waals surface area contributed by atoms with Crippen LogP contribution in [-0.2, 0) is 6.18 Å². The summed E-state index contributed by atoms with van der Waals surface area (Å²) < 4.78 is 39.1. The molecule has 3 aromatic rings. The van der Waals surface area contributed by atoms with Crippen LogP contribution in [0.15, 0.2) is 48.8 Å². The lowest BCUT2D eigenvalue weighted by molar-refractivity contribution is -0.137. The second-order valence-corrected chi connectivity index (χ2v) is 5.84. The summed E-state index contributed by atoms with van der Waals surface area (Å²) in [5.41, 5.74) is -0.103. The second-order valence-electron chi connectivity index (χ2n) is 5.41. The molecule has 0 saturated carbocycles. The maximum Gasteiger partial charge on any atom is 0.417 e. The fourth-order valence-electron chi connectivity index (χ4n) is 2.41. The predicted molar refractivity (Wildman–Crippen MR) is 96.0 cm³/mol. The maximum absolute atomic E-state index is 13.0. The maximum atomic E-state index is 13.0. The van der Waals surface area contributed by atoms with E-state index in [-0.39, 0.29) is 10.6 Å². The zero-order valence-corrected chi connectivity index (χ0v) is 14.2. The topological polar surface area (TPSA) is 37.8 Å². The Bertz CT molecular complexity index is 985. The molecule has 0 aliphatic heterocycles. The van der Waals surface area contributed by atoms with E-state index in [1.807, 2.05) is 24.3 Å². The zero-order chi connectivity index (χ0) is 18.6. The van der Waals surface area contributed by atoms with Crippen LogP contribution in [0, 0.1) is 11.8 Å². The van der Waals surface area contributed by atoms with Crippen molar-refractivity contribution in [3.8, 4) is 11.8 Å². The molecule has 0 spiro atoms. The van der Waals surface area contributed by atoms with E-state index in [1.54, 1.807) is 0 Å². The molecule has 0 bridgehead atoms. The van der Waals surface area contributed by atoms with Crippen LogP contribution in [0.5, 0.6) is 0 Å². The molecule has 0 unspecified atom stereocenters. The fourth-order valence-corrected chi connectivity index (χ4v) is 2.58. The molecule has 26 heavy (non-hydrogen) atoms. The van der Waals surface area contributed by atoms with Crippen molar-refractivity contribution < 1.29 is 13.2 Å². The van der Waals surface area contributed by atoms with Gasteiger partial charge >= 0.3 is 6.18 Å². The molecule has 1 aromatic heterocycles. The largest absolute Gasteiger partial charge is 0.417 e. The lowest BCUT2D eigenvalue weighted by Crippen LogP contribution is -2.07. The van der Waals surface area contributed by atoms with E-state index in [4.69, 9.17) is 11.6 Å². The summed E-state index contributed by atoms with van der Waals surface area (Å²) in [6, 6.07) is 11.1. The Morgan fingerprint density at radius 2 is 1.88 bits per heavy atom. The van der Waals surface area contributed by atoms with Gasteiger partial charge in [-0.3, -0.25) is 0 Å². The smallest absolute Gasteiger partial charge is 0.368 e. The van der Waals surface area contributed by atoms with Gasteiger partial charge in [-0.2, -0.15) is 13.2 Å². The van der Waals surface area contributed by atoms with Gasteiger partial charge in [-0.1, -0.05) is 35.6 Å². The van der Waals surface area contributed by atoms with Crippen LogP contribution >= 0.6 is 11.6 Å². The SMILES string of the molecule is FC(F)(F)c1cc(Cl)ccc1C#CCCNc1ncnc2ccccc12. The molecule has 7 heteroatoms. The summed E-state index contributed by atoms with van der Waals surface area (Å²) in [5.74, 6) is 5.99. The van der Waals surface area contributed by atoms with Crippen LogP contribution in [0.25, 0.3) is 10.9 Å². The van der Waals surface area contributed by atoms with Crippen molar-refractivity contribution in [3.63, 3.8) is 0 Å². The van der Waals surface area contributed by atoms with Gasteiger partial charge in [0.1, 0.15) is 12.1 Å². The number of rotatable bonds is 3. The summed E-state index contributed by atoms with van der Waals surface area (Å²) in [6.45, 7) is 0.447. The Morgan fingerprint density at radius 1 is 1.08 bits per heavy atom. The van der Waals surface area contributed by atoms with Crippen LogP contribution in [0.1, 0.15) is 17.5 Å². The summed E-state index contributed by atoms with van der Waals surface area (Å²) in [6.07, 6.45) is -2.68. The predicted octanol–water partition coefficient (Wildman–Crippen LogP) is 5.16. The quantitative estimate of drug-likeness (QED) is 0.508. The van der Waals surface area contributed by atoms with Crippen molar-refractivity contribution in [2.75, 3.05) is 11.9 Å². The van der Waals surface area contributed by atoms with Crippen LogP contribution in [-0.4, -0.2) is 16.5 Å². The first-order valence-corrected chi connectivity index (χ1v) is 8.12. The minimum Gasteiger partial charge on any atom is -0.368 e. The first-order valence-electron chi connectivity index (χ1n) is 7.74. The fraction of sp³-hybridized carbons (Fsp3) is 0.158. The van der Waals surface area contributed by atoms with Crippen molar-refractivity contribution in [3.05, 3.63) is 64.9 Å². The summed E-state index contributed by atoms with van der Waals surface area (Å²) in [5, 5.41) is 4.03. The molecule has 132 valence electrons. The van der Waals surface area contributed by atoms with E-state index in [9.17, 15) is 13.2 Å². The van der Waals surface area contributed by atoms with Crippen LogP contribution < -0.4 is 5.32 Å². The third-order valence-corrected chi connectivity index (χ3v) is 3.83. The highest BCUT2D eigenvalue weighted by molar-refractivity contribution is 6.30. The van der Waals surface area contributed by atoms with Gasteiger partial charge in [-0.25, -0.2) is 9.97 Å². The van der Waals surface area contributed by atoms with E-state index in [0.717, 1.165) is 17.0 Å². The Kier molecular flexibility index (Phi) is 5.29. The molecule has 3 nitrogen and oxygen atoms in total. The number of alkyl halides is 3. The van der Waals surface area contributed by atoms with E-state index in [1.165, 1.54) is 18.5 Å². The molecule has 0 atom stereocenters. The molecule has 0 fully saturated rings. The minimum absolute atomic E-state index is 0.0279.